The van der Waals surface area contributed by atoms with E-state index in [-0.39, 0.29) is 54.0 Å². The van der Waals surface area contributed by atoms with Crippen LogP contribution in [0.2, 0.25) is 0 Å². The normalized spacial score (nSPS) is 21.9. The smallest absolute Gasteiger partial charge is 0.390 e. The number of hydrogen-bond acceptors (Lipinski definition) is 12. The molecule has 2 fully saturated rings. The van der Waals surface area contributed by atoms with E-state index < -0.39 is 11.5 Å². The molecule has 1 aromatic carbocycles. The molecular formula is C38H35BrN12O6. The van der Waals surface area contributed by atoms with Crippen LogP contribution < -0.4 is 22.6 Å². The first-order chi connectivity index (χ1) is 27.6. The van der Waals surface area contributed by atoms with Gasteiger partial charge in [-0.3, -0.25) is 18.7 Å². The van der Waals surface area contributed by atoms with Crippen LogP contribution >= 0.6 is 15.9 Å². The number of aromatic nitrogens is 12. The van der Waals surface area contributed by atoms with E-state index in [0.29, 0.717) is 40.0 Å². The van der Waals surface area contributed by atoms with Crippen LogP contribution in [0.3, 0.4) is 0 Å². The molecule has 0 aliphatic heterocycles. The second-order valence-electron chi connectivity index (χ2n) is 15.1. The van der Waals surface area contributed by atoms with Gasteiger partial charge in [-0.15, -0.1) is 10.2 Å². The zero-order valence-electron chi connectivity index (χ0n) is 30.8. The number of hydrogen-bond donors (Lipinski definition) is 0. The van der Waals surface area contributed by atoms with E-state index >= 15 is 0 Å². The number of aryl methyl sites for hydroxylation is 2. The summed E-state index contributed by atoms with van der Waals surface area (Å²) in [6.07, 6.45) is 14.5. The van der Waals surface area contributed by atoms with Gasteiger partial charge in [0.2, 0.25) is 11.8 Å². The van der Waals surface area contributed by atoms with Crippen molar-refractivity contribution in [2.24, 2.45) is 25.9 Å². The molecule has 3 aliphatic carbocycles. The third-order valence-electron chi connectivity index (χ3n) is 11.7. The van der Waals surface area contributed by atoms with Gasteiger partial charge in [0.25, 0.3) is 11.1 Å². The molecule has 0 N–H and O–H groups in total. The Bertz CT molecular complexity index is 3020. The van der Waals surface area contributed by atoms with Crippen LogP contribution in [-0.4, -0.2) is 57.8 Å². The zero-order chi connectivity index (χ0) is 39.1. The predicted octanol–water partition coefficient (Wildman–Crippen LogP) is 3.46. The molecule has 1 unspecified atom stereocenters. The fraction of sp³-hybridized carbons (Fsp3) is 0.368. The number of nitrogens with zero attached hydrogens (tertiary/aromatic N) is 12. The monoisotopic (exact) mass is 834 g/mol. The summed E-state index contributed by atoms with van der Waals surface area (Å²) in [6.45, 7) is -0.0592. The molecule has 1 atom stereocenters. The zero-order valence-corrected chi connectivity index (χ0v) is 32.4. The highest BCUT2D eigenvalue weighted by atomic mass is 79.9. The summed E-state index contributed by atoms with van der Waals surface area (Å²) in [5, 5.41) is 8.86. The lowest BCUT2D eigenvalue weighted by Gasteiger charge is -2.39. The molecule has 0 amide bonds. The Hall–Kier alpha value is -6.24. The van der Waals surface area contributed by atoms with Crippen molar-refractivity contribution in [3.63, 3.8) is 0 Å². The minimum atomic E-state index is -0.550. The van der Waals surface area contributed by atoms with Crippen LogP contribution in [0.1, 0.15) is 73.3 Å². The van der Waals surface area contributed by atoms with E-state index in [9.17, 15) is 19.2 Å². The summed E-state index contributed by atoms with van der Waals surface area (Å²) < 4.78 is 20.8. The van der Waals surface area contributed by atoms with Crippen LogP contribution in [0, 0.1) is 11.8 Å². The second-order valence-corrected chi connectivity index (χ2v) is 16.1. The Morgan fingerprint density at radius 3 is 1.98 bits per heavy atom. The molecule has 7 aromatic rings. The van der Waals surface area contributed by atoms with Crippen molar-refractivity contribution in [1.82, 2.24) is 57.8 Å². The highest BCUT2D eigenvalue weighted by Gasteiger charge is 2.38. The number of allylic oxidation sites excluding steroid dienone is 4. The van der Waals surface area contributed by atoms with Gasteiger partial charge in [-0.1, -0.05) is 46.3 Å². The Morgan fingerprint density at radius 1 is 0.754 bits per heavy atom. The van der Waals surface area contributed by atoms with Gasteiger partial charge in [-0.05, 0) is 67.6 Å². The fourth-order valence-electron chi connectivity index (χ4n) is 8.35. The molecule has 0 bridgehead atoms. The second kappa shape index (κ2) is 13.5. The highest BCUT2D eigenvalue weighted by Crippen LogP contribution is 2.45. The van der Waals surface area contributed by atoms with Crippen LogP contribution in [0.5, 0.6) is 0 Å². The quantitative estimate of drug-likeness (QED) is 0.205. The maximum atomic E-state index is 13.7. The maximum Gasteiger partial charge on any atom is 0.437 e. The van der Waals surface area contributed by atoms with Gasteiger partial charge >= 0.3 is 11.5 Å². The summed E-state index contributed by atoms with van der Waals surface area (Å²) >= 11 is 3.47. The minimum absolute atomic E-state index is 0.0191. The first-order valence-electron chi connectivity index (χ1n) is 18.7. The molecule has 6 aromatic heterocycles. The molecule has 19 heteroatoms. The van der Waals surface area contributed by atoms with E-state index in [0.717, 1.165) is 42.1 Å². The van der Waals surface area contributed by atoms with Gasteiger partial charge in [0, 0.05) is 24.1 Å². The average molecular weight is 836 g/mol. The first-order valence-corrected chi connectivity index (χ1v) is 19.5. The Balaban J connectivity index is 0.778. The molecule has 57 heavy (non-hydrogen) atoms. The van der Waals surface area contributed by atoms with Gasteiger partial charge in [0.15, 0.2) is 22.3 Å². The molecule has 2 saturated carbocycles. The molecule has 6 heterocycles. The predicted molar refractivity (Wildman–Crippen MR) is 207 cm³/mol. The molecule has 18 nitrogen and oxygen atoms in total. The van der Waals surface area contributed by atoms with E-state index in [1.54, 1.807) is 23.2 Å². The van der Waals surface area contributed by atoms with E-state index in [1.807, 2.05) is 18.2 Å². The Morgan fingerprint density at radius 2 is 1.35 bits per heavy atom. The molecule has 290 valence electrons. The number of imidazole rings is 2. The molecule has 0 saturated heterocycles. The minimum Gasteiger partial charge on any atom is -0.390 e. The third-order valence-corrected chi connectivity index (χ3v) is 12.2. The summed E-state index contributed by atoms with van der Waals surface area (Å²) in [5.74, 6) is 0.756. The maximum absolute atomic E-state index is 13.7. The van der Waals surface area contributed by atoms with Crippen molar-refractivity contribution in [2.75, 3.05) is 0 Å². The van der Waals surface area contributed by atoms with Crippen molar-refractivity contribution in [3.8, 4) is 0 Å². The Labute approximate surface area is 329 Å². The number of halogens is 1. The summed E-state index contributed by atoms with van der Waals surface area (Å²) in [4.78, 5) is 69.6. The van der Waals surface area contributed by atoms with Crippen molar-refractivity contribution in [1.29, 1.82) is 0 Å². The largest absolute Gasteiger partial charge is 0.437 e. The lowest BCUT2D eigenvalue weighted by atomic mass is 9.70. The molecule has 0 spiro atoms. The fourth-order valence-corrected chi connectivity index (χ4v) is 8.61. The van der Waals surface area contributed by atoms with Gasteiger partial charge in [0.1, 0.15) is 31.6 Å². The lowest BCUT2D eigenvalue weighted by molar-refractivity contribution is 0.135. The lowest BCUT2D eigenvalue weighted by Crippen LogP contribution is -2.36. The Kier molecular flexibility index (Phi) is 8.31. The van der Waals surface area contributed by atoms with Gasteiger partial charge in [0.05, 0.1) is 18.4 Å². The van der Waals surface area contributed by atoms with Crippen molar-refractivity contribution >= 4 is 43.8 Å². The summed E-state index contributed by atoms with van der Waals surface area (Å²) in [5.41, 5.74) is 2.86. The molecule has 3 aliphatic rings. The van der Waals surface area contributed by atoms with Crippen molar-refractivity contribution < 1.29 is 8.83 Å². The van der Waals surface area contributed by atoms with E-state index in [1.165, 1.54) is 43.0 Å². The molecule has 0 radical (unpaired) electrons. The third kappa shape index (κ3) is 6.07. The SMILES string of the molecule is Cn1cnc2ncn(Cc3nn([C@H]4C[C@H](C5C=CC(c6nc7ncn(Cc8nn([C@H]9C[C@H](c%10ccc(Br)cc%10)C9)c(=O)o8)c(=O)c7n6C)=CC5)C4)c(=O)o3)c(=O)c21. The molecular weight excluding hydrogens is 800 g/mol. The van der Waals surface area contributed by atoms with Crippen molar-refractivity contribution in [2.45, 2.75) is 63.2 Å². The highest BCUT2D eigenvalue weighted by molar-refractivity contribution is 9.10. The van der Waals surface area contributed by atoms with E-state index in [4.69, 9.17) is 13.8 Å². The van der Waals surface area contributed by atoms with Gasteiger partial charge in [-0.25, -0.2) is 29.5 Å². The van der Waals surface area contributed by atoms with Gasteiger partial charge < -0.3 is 18.0 Å². The standard InChI is InChI=1S/C38H35BrN12O6/c1-46-17-40-32-30(46)35(52)48(18-41-32)15-28-44-50(37(54)56-28)26-11-23(12-26)20-3-5-22(6-4-20)34-43-33-31(47(34)2)36(53)49(19-42-33)16-29-45-51(38(55)57-29)27-13-24(14-27)21-7-9-25(39)10-8-21/h3,5-10,17-20,23-24,26-27H,4,11-16H2,1-2H3/t20?,23-,24-,26-,27-. The van der Waals surface area contributed by atoms with Crippen LogP contribution in [0.25, 0.3) is 27.9 Å². The van der Waals surface area contributed by atoms with Crippen LogP contribution in [-0.2, 0) is 27.2 Å². The number of rotatable bonds is 9. The van der Waals surface area contributed by atoms with E-state index in [2.05, 4.69) is 65.4 Å². The van der Waals surface area contributed by atoms with Crippen LogP contribution in [0.4, 0.5) is 0 Å². The molecule has 10 rings (SSSR count). The number of benzene rings is 1. The summed E-state index contributed by atoms with van der Waals surface area (Å²) in [6, 6.07) is 8.04. The van der Waals surface area contributed by atoms with Crippen LogP contribution in [0.15, 0.2) is 94.0 Å². The average Bonchev–Trinajstić information content (AvgIpc) is 3.92. The van der Waals surface area contributed by atoms with Gasteiger partial charge in [-0.2, -0.15) is 9.36 Å². The summed E-state index contributed by atoms with van der Waals surface area (Å²) in [7, 11) is 3.51. The number of fused-ring (bicyclic) bond motifs is 2. The first kappa shape index (κ1) is 35.2. The topological polar surface area (TPSA) is 201 Å². The van der Waals surface area contributed by atoms with Crippen molar-refractivity contribution in [3.05, 3.63) is 131 Å².